The SMILES string of the molecule is COc1cc(F)ccc1-c1ccc(=O)n(CC(=O)N2CCOC(c3ccccc3)C2)n1. The topological polar surface area (TPSA) is 73.7 Å². The number of nitrogens with zero attached hydrogens (tertiary/aromatic N) is 3. The van der Waals surface area contributed by atoms with E-state index in [0.717, 1.165) is 10.2 Å². The second-order valence-electron chi connectivity index (χ2n) is 7.17. The molecule has 1 unspecified atom stereocenters. The number of amides is 1. The maximum atomic E-state index is 13.5. The maximum absolute atomic E-state index is 13.5. The Kier molecular flexibility index (Phi) is 6.08. The molecule has 1 saturated heterocycles. The van der Waals surface area contributed by atoms with Gasteiger partial charge >= 0.3 is 0 Å². The summed E-state index contributed by atoms with van der Waals surface area (Å²) in [6.45, 7) is 1.07. The molecular formula is C23H22FN3O4. The van der Waals surface area contributed by atoms with E-state index in [1.54, 1.807) is 4.90 Å². The van der Waals surface area contributed by atoms with Gasteiger partial charge in [0.1, 0.15) is 24.2 Å². The second kappa shape index (κ2) is 9.09. The maximum Gasteiger partial charge on any atom is 0.267 e. The van der Waals surface area contributed by atoms with Crippen molar-refractivity contribution >= 4 is 5.91 Å². The fourth-order valence-electron chi connectivity index (χ4n) is 3.56. The third-order valence-corrected chi connectivity index (χ3v) is 5.18. The highest BCUT2D eigenvalue weighted by Crippen LogP contribution is 2.28. The number of carbonyl (C=O) groups excluding carboxylic acids is 1. The monoisotopic (exact) mass is 423 g/mol. The molecule has 0 spiro atoms. The number of ether oxygens (including phenoxy) is 2. The number of carbonyl (C=O) groups is 1. The summed E-state index contributed by atoms with van der Waals surface area (Å²) in [5.41, 5.74) is 1.54. The van der Waals surface area contributed by atoms with Gasteiger partial charge in [-0.25, -0.2) is 9.07 Å². The van der Waals surface area contributed by atoms with Crippen LogP contribution in [0.25, 0.3) is 11.3 Å². The molecule has 31 heavy (non-hydrogen) atoms. The third-order valence-electron chi connectivity index (χ3n) is 5.18. The summed E-state index contributed by atoms with van der Waals surface area (Å²) in [4.78, 5) is 26.9. The van der Waals surface area contributed by atoms with Crippen LogP contribution < -0.4 is 10.3 Å². The molecule has 0 saturated carbocycles. The molecule has 4 rings (SSSR count). The number of benzene rings is 2. The van der Waals surface area contributed by atoms with E-state index in [2.05, 4.69) is 5.10 Å². The molecule has 160 valence electrons. The predicted molar refractivity (Wildman–Crippen MR) is 112 cm³/mol. The Morgan fingerprint density at radius 3 is 2.77 bits per heavy atom. The van der Waals surface area contributed by atoms with Gasteiger partial charge in [0.25, 0.3) is 5.56 Å². The minimum Gasteiger partial charge on any atom is -0.496 e. The van der Waals surface area contributed by atoms with Crippen LogP contribution >= 0.6 is 0 Å². The summed E-state index contributed by atoms with van der Waals surface area (Å²) < 4.78 is 25.7. The van der Waals surface area contributed by atoms with E-state index in [9.17, 15) is 14.0 Å². The second-order valence-corrected chi connectivity index (χ2v) is 7.17. The van der Waals surface area contributed by atoms with Gasteiger partial charge in [-0.15, -0.1) is 0 Å². The number of methoxy groups -OCH3 is 1. The lowest BCUT2D eigenvalue weighted by molar-refractivity contribution is -0.139. The first-order chi connectivity index (χ1) is 15.0. The van der Waals surface area contributed by atoms with Gasteiger partial charge in [0.15, 0.2) is 0 Å². The van der Waals surface area contributed by atoms with E-state index in [0.29, 0.717) is 36.7 Å². The predicted octanol–water partition coefficient (Wildman–Crippen LogP) is 2.66. The Morgan fingerprint density at radius 2 is 2.00 bits per heavy atom. The lowest BCUT2D eigenvalue weighted by atomic mass is 10.1. The molecule has 0 radical (unpaired) electrons. The first kappa shape index (κ1) is 20.7. The average Bonchev–Trinajstić information content (AvgIpc) is 2.81. The molecule has 7 nitrogen and oxygen atoms in total. The quantitative estimate of drug-likeness (QED) is 0.631. The molecule has 0 N–H and O–H groups in total. The van der Waals surface area contributed by atoms with Crippen molar-refractivity contribution < 1.29 is 18.7 Å². The minimum absolute atomic E-state index is 0.197. The summed E-state index contributed by atoms with van der Waals surface area (Å²) in [7, 11) is 1.43. The van der Waals surface area contributed by atoms with Gasteiger partial charge in [0.05, 0.1) is 26.0 Å². The van der Waals surface area contributed by atoms with Crippen LogP contribution in [0.1, 0.15) is 11.7 Å². The van der Waals surface area contributed by atoms with E-state index in [-0.39, 0.29) is 18.6 Å². The van der Waals surface area contributed by atoms with Crippen LogP contribution in [0, 0.1) is 5.82 Å². The Hall–Kier alpha value is -3.52. The molecule has 2 aromatic carbocycles. The molecule has 1 atom stereocenters. The average molecular weight is 423 g/mol. The zero-order valence-corrected chi connectivity index (χ0v) is 17.0. The van der Waals surface area contributed by atoms with E-state index in [1.165, 1.54) is 37.4 Å². The molecule has 1 aliphatic rings. The Labute approximate surface area is 178 Å². The van der Waals surface area contributed by atoms with Crippen LogP contribution in [0.5, 0.6) is 5.75 Å². The molecule has 2 heterocycles. The van der Waals surface area contributed by atoms with Crippen LogP contribution in [0.3, 0.4) is 0 Å². The fourth-order valence-corrected chi connectivity index (χ4v) is 3.56. The van der Waals surface area contributed by atoms with Crippen molar-refractivity contribution in [3.8, 4) is 17.0 Å². The number of hydrogen-bond donors (Lipinski definition) is 0. The van der Waals surface area contributed by atoms with Crippen LogP contribution in [-0.4, -0.2) is 47.4 Å². The fraction of sp³-hybridized carbons (Fsp3) is 0.261. The Bertz CT molecular complexity index is 1130. The third kappa shape index (κ3) is 4.64. The summed E-state index contributed by atoms with van der Waals surface area (Å²) in [5.74, 6) is -0.366. The molecule has 0 aliphatic carbocycles. The molecule has 8 heteroatoms. The zero-order valence-electron chi connectivity index (χ0n) is 17.0. The van der Waals surface area contributed by atoms with Crippen molar-refractivity contribution in [2.45, 2.75) is 12.6 Å². The standard InChI is InChI=1S/C23H22FN3O4/c1-30-20-13-17(24)7-8-18(20)19-9-10-22(28)27(25-19)15-23(29)26-11-12-31-21(14-26)16-5-3-2-4-6-16/h2-10,13,21H,11-12,14-15H2,1H3. The first-order valence-electron chi connectivity index (χ1n) is 9.91. The van der Waals surface area contributed by atoms with Crippen molar-refractivity contribution in [1.82, 2.24) is 14.7 Å². The van der Waals surface area contributed by atoms with E-state index >= 15 is 0 Å². The molecular weight excluding hydrogens is 401 g/mol. The summed E-state index contributed by atoms with van der Waals surface area (Å²) in [6.07, 6.45) is -0.210. The lowest BCUT2D eigenvalue weighted by Gasteiger charge is -2.33. The molecule has 3 aromatic rings. The van der Waals surface area contributed by atoms with E-state index < -0.39 is 11.4 Å². The van der Waals surface area contributed by atoms with Crippen molar-refractivity contribution in [2.24, 2.45) is 0 Å². The normalized spacial score (nSPS) is 16.2. The van der Waals surface area contributed by atoms with Gasteiger partial charge < -0.3 is 14.4 Å². The Balaban J connectivity index is 1.53. The molecule has 1 fully saturated rings. The Morgan fingerprint density at radius 1 is 1.19 bits per heavy atom. The minimum atomic E-state index is -0.440. The highest BCUT2D eigenvalue weighted by atomic mass is 19.1. The van der Waals surface area contributed by atoms with Crippen LogP contribution in [0.15, 0.2) is 65.5 Å². The highest BCUT2D eigenvalue weighted by Gasteiger charge is 2.26. The molecule has 1 aliphatic heterocycles. The number of hydrogen-bond acceptors (Lipinski definition) is 5. The van der Waals surface area contributed by atoms with E-state index in [4.69, 9.17) is 9.47 Å². The van der Waals surface area contributed by atoms with Crippen LogP contribution in [0.4, 0.5) is 4.39 Å². The van der Waals surface area contributed by atoms with Gasteiger partial charge in [-0.3, -0.25) is 9.59 Å². The molecule has 0 bridgehead atoms. The number of aromatic nitrogens is 2. The van der Waals surface area contributed by atoms with E-state index in [1.807, 2.05) is 30.3 Å². The number of halogens is 1. The summed E-state index contributed by atoms with van der Waals surface area (Å²) in [6, 6.07) is 16.6. The van der Waals surface area contributed by atoms with Crippen LogP contribution in [-0.2, 0) is 16.1 Å². The number of rotatable bonds is 5. The first-order valence-corrected chi connectivity index (χ1v) is 9.91. The lowest BCUT2D eigenvalue weighted by Crippen LogP contribution is -2.44. The van der Waals surface area contributed by atoms with Gasteiger partial charge in [0, 0.05) is 24.2 Å². The number of morpholine rings is 1. The van der Waals surface area contributed by atoms with Crippen molar-refractivity contribution in [3.63, 3.8) is 0 Å². The van der Waals surface area contributed by atoms with Crippen LogP contribution in [0.2, 0.25) is 0 Å². The zero-order chi connectivity index (χ0) is 21.8. The summed E-state index contributed by atoms with van der Waals surface area (Å²) >= 11 is 0. The van der Waals surface area contributed by atoms with Crippen molar-refractivity contribution in [1.29, 1.82) is 0 Å². The van der Waals surface area contributed by atoms with Gasteiger partial charge in [-0.2, -0.15) is 5.10 Å². The molecule has 1 amide bonds. The molecule has 1 aromatic heterocycles. The van der Waals surface area contributed by atoms with Gasteiger partial charge in [-0.05, 0) is 23.8 Å². The van der Waals surface area contributed by atoms with Gasteiger partial charge in [0.2, 0.25) is 5.91 Å². The van der Waals surface area contributed by atoms with Crippen molar-refractivity contribution in [3.05, 3.63) is 82.4 Å². The van der Waals surface area contributed by atoms with Crippen molar-refractivity contribution in [2.75, 3.05) is 26.8 Å². The highest BCUT2D eigenvalue weighted by molar-refractivity contribution is 5.76. The largest absolute Gasteiger partial charge is 0.496 e. The summed E-state index contributed by atoms with van der Waals surface area (Å²) in [5, 5.41) is 4.32. The van der Waals surface area contributed by atoms with Gasteiger partial charge in [-0.1, -0.05) is 30.3 Å². The smallest absolute Gasteiger partial charge is 0.267 e.